The normalized spacial score (nSPS) is 11.2. The van der Waals surface area contributed by atoms with E-state index in [2.05, 4.69) is 5.32 Å². The SMILES string of the molecule is Cc1ccc(CN(C)c2cc(NC(=O)OC(C)(C)C)ccc2N)o1. The zero-order valence-electron chi connectivity index (χ0n) is 14.8. The van der Waals surface area contributed by atoms with Gasteiger partial charge in [-0.3, -0.25) is 5.32 Å². The van der Waals surface area contributed by atoms with E-state index in [0.29, 0.717) is 17.9 Å². The molecule has 0 saturated carbocycles. The van der Waals surface area contributed by atoms with Gasteiger partial charge in [-0.25, -0.2) is 4.79 Å². The van der Waals surface area contributed by atoms with Crippen LogP contribution in [0.3, 0.4) is 0 Å². The number of furan rings is 1. The summed E-state index contributed by atoms with van der Waals surface area (Å²) in [5.41, 5.74) is 7.56. The first-order valence-electron chi connectivity index (χ1n) is 7.80. The molecule has 0 saturated heterocycles. The predicted octanol–water partition coefficient (Wildman–Crippen LogP) is 4.15. The van der Waals surface area contributed by atoms with Crippen molar-refractivity contribution in [3.63, 3.8) is 0 Å². The summed E-state index contributed by atoms with van der Waals surface area (Å²) in [7, 11) is 1.92. The highest BCUT2D eigenvalue weighted by Gasteiger charge is 2.17. The monoisotopic (exact) mass is 331 g/mol. The molecule has 3 N–H and O–H groups in total. The Balaban J connectivity index is 2.11. The van der Waals surface area contributed by atoms with Crippen molar-refractivity contribution >= 4 is 23.2 Å². The lowest BCUT2D eigenvalue weighted by Crippen LogP contribution is -2.27. The second-order valence-corrected chi connectivity index (χ2v) is 6.77. The van der Waals surface area contributed by atoms with Crippen molar-refractivity contribution in [2.45, 2.75) is 39.8 Å². The predicted molar refractivity (Wildman–Crippen MR) is 96.3 cm³/mol. The minimum atomic E-state index is -0.547. The highest BCUT2D eigenvalue weighted by Crippen LogP contribution is 2.28. The number of nitrogen functional groups attached to an aromatic ring is 1. The number of nitrogens with two attached hydrogens (primary N) is 1. The summed E-state index contributed by atoms with van der Waals surface area (Å²) in [5.74, 6) is 1.71. The molecule has 0 aliphatic rings. The van der Waals surface area contributed by atoms with E-state index in [1.54, 1.807) is 12.1 Å². The Morgan fingerprint density at radius 3 is 2.58 bits per heavy atom. The first kappa shape index (κ1) is 17.7. The molecule has 6 nitrogen and oxygen atoms in total. The van der Waals surface area contributed by atoms with E-state index in [-0.39, 0.29) is 0 Å². The summed E-state index contributed by atoms with van der Waals surface area (Å²) >= 11 is 0. The second-order valence-electron chi connectivity index (χ2n) is 6.77. The van der Waals surface area contributed by atoms with Crippen LogP contribution in [0.2, 0.25) is 0 Å². The van der Waals surface area contributed by atoms with Crippen LogP contribution in [0.4, 0.5) is 21.9 Å². The van der Waals surface area contributed by atoms with Gasteiger partial charge in [0.05, 0.1) is 17.9 Å². The maximum Gasteiger partial charge on any atom is 0.412 e. The van der Waals surface area contributed by atoms with Crippen LogP contribution in [0.25, 0.3) is 0 Å². The van der Waals surface area contributed by atoms with Gasteiger partial charge in [0.2, 0.25) is 0 Å². The third-order valence-electron chi connectivity index (χ3n) is 3.28. The molecule has 0 bridgehead atoms. The summed E-state index contributed by atoms with van der Waals surface area (Å²) in [5, 5.41) is 2.72. The lowest BCUT2D eigenvalue weighted by atomic mass is 10.2. The largest absolute Gasteiger partial charge is 0.464 e. The molecule has 1 aromatic heterocycles. The Hall–Kier alpha value is -2.63. The van der Waals surface area contributed by atoms with Gasteiger partial charge in [-0.15, -0.1) is 0 Å². The van der Waals surface area contributed by atoms with E-state index < -0.39 is 11.7 Å². The Morgan fingerprint density at radius 1 is 1.29 bits per heavy atom. The Bertz CT molecular complexity index is 717. The number of carbonyl (C=O) groups is 1. The fourth-order valence-corrected chi connectivity index (χ4v) is 2.26. The van der Waals surface area contributed by atoms with Crippen LogP contribution in [-0.4, -0.2) is 18.7 Å². The van der Waals surface area contributed by atoms with Crippen molar-refractivity contribution in [3.05, 3.63) is 41.9 Å². The van der Waals surface area contributed by atoms with E-state index in [9.17, 15) is 4.79 Å². The van der Waals surface area contributed by atoms with Crippen molar-refractivity contribution in [1.82, 2.24) is 0 Å². The van der Waals surface area contributed by atoms with Gasteiger partial charge in [-0.1, -0.05) is 0 Å². The van der Waals surface area contributed by atoms with E-state index in [0.717, 1.165) is 17.2 Å². The zero-order valence-corrected chi connectivity index (χ0v) is 14.8. The van der Waals surface area contributed by atoms with Gasteiger partial charge < -0.3 is 19.8 Å². The minimum Gasteiger partial charge on any atom is -0.464 e. The molecule has 0 aliphatic heterocycles. The fraction of sp³-hybridized carbons (Fsp3) is 0.389. The van der Waals surface area contributed by atoms with Gasteiger partial charge >= 0.3 is 6.09 Å². The highest BCUT2D eigenvalue weighted by molar-refractivity contribution is 5.87. The lowest BCUT2D eigenvalue weighted by Gasteiger charge is -2.22. The molecular weight excluding hydrogens is 306 g/mol. The number of rotatable bonds is 4. The molecule has 24 heavy (non-hydrogen) atoms. The van der Waals surface area contributed by atoms with E-state index in [4.69, 9.17) is 14.9 Å². The number of benzene rings is 1. The molecule has 0 spiro atoms. The van der Waals surface area contributed by atoms with Gasteiger partial charge in [-0.2, -0.15) is 0 Å². The Labute approximate surface area is 142 Å². The Morgan fingerprint density at radius 2 is 2.00 bits per heavy atom. The van der Waals surface area contributed by atoms with Crippen molar-refractivity contribution < 1.29 is 13.9 Å². The number of aryl methyl sites for hydroxylation is 1. The molecular formula is C18H25N3O3. The molecule has 130 valence electrons. The third kappa shape index (κ3) is 4.94. The van der Waals surface area contributed by atoms with Crippen molar-refractivity contribution in [2.24, 2.45) is 0 Å². The van der Waals surface area contributed by atoms with Gasteiger partial charge in [0.25, 0.3) is 0 Å². The van der Waals surface area contributed by atoms with Crippen LogP contribution in [-0.2, 0) is 11.3 Å². The fourth-order valence-electron chi connectivity index (χ4n) is 2.26. The molecule has 1 heterocycles. The van der Waals surface area contributed by atoms with Crippen LogP contribution < -0.4 is 16.0 Å². The van der Waals surface area contributed by atoms with Gasteiger partial charge in [-0.05, 0) is 58.0 Å². The average Bonchev–Trinajstić information content (AvgIpc) is 2.84. The van der Waals surface area contributed by atoms with Crippen LogP contribution in [0.1, 0.15) is 32.3 Å². The molecule has 2 rings (SSSR count). The zero-order chi connectivity index (χ0) is 17.9. The smallest absolute Gasteiger partial charge is 0.412 e. The number of anilines is 3. The summed E-state index contributed by atoms with van der Waals surface area (Å²) < 4.78 is 10.9. The summed E-state index contributed by atoms with van der Waals surface area (Å²) in [4.78, 5) is 13.9. The molecule has 2 aromatic rings. The number of carbonyl (C=O) groups excluding carboxylic acids is 1. The van der Waals surface area contributed by atoms with Gasteiger partial charge in [0.1, 0.15) is 17.1 Å². The van der Waals surface area contributed by atoms with Gasteiger partial charge in [0, 0.05) is 12.7 Å². The number of hydrogen-bond acceptors (Lipinski definition) is 5. The number of ether oxygens (including phenoxy) is 1. The van der Waals surface area contributed by atoms with E-state index in [1.165, 1.54) is 0 Å². The van der Waals surface area contributed by atoms with Gasteiger partial charge in [0.15, 0.2) is 0 Å². The quantitative estimate of drug-likeness (QED) is 0.823. The number of amides is 1. The number of hydrogen-bond donors (Lipinski definition) is 2. The highest BCUT2D eigenvalue weighted by atomic mass is 16.6. The van der Waals surface area contributed by atoms with Crippen molar-refractivity contribution in [3.8, 4) is 0 Å². The van der Waals surface area contributed by atoms with Crippen molar-refractivity contribution in [1.29, 1.82) is 0 Å². The van der Waals surface area contributed by atoms with Crippen LogP contribution in [0.5, 0.6) is 0 Å². The van der Waals surface area contributed by atoms with Crippen LogP contribution >= 0.6 is 0 Å². The van der Waals surface area contributed by atoms with Crippen LogP contribution in [0, 0.1) is 6.92 Å². The first-order valence-corrected chi connectivity index (χ1v) is 7.80. The second kappa shape index (κ2) is 6.86. The number of nitrogens with one attached hydrogen (secondary N) is 1. The molecule has 1 aromatic carbocycles. The van der Waals surface area contributed by atoms with E-state index in [1.807, 2.05) is 57.8 Å². The molecule has 0 unspecified atom stereocenters. The maximum absolute atomic E-state index is 11.9. The van der Waals surface area contributed by atoms with E-state index >= 15 is 0 Å². The number of nitrogens with zero attached hydrogens (tertiary/aromatic N) is 1. The Kier molecular flexibility index (Phi) is 5.07. The average molecular weight is 331 g/mol. The summed E-state index contributed by atoms with van der Waals surface area (Å²) in [6, 6.07) is 9.17. The first-order chi connectivity index (χ1) is 11.1. The van der Waals surface area contributed by atoms with Crippen LogP contribution in [0.15, 0.2) is 34.7 Å². The molecule has 0 radical (unpaired) electrons. The summed E-state index contributed by atoms with van der Waals surface area (Å²) in [6.45, 7) is 7.94. The standard InChI is InChI=1S/C18H25N3O3/c1-12-6-8-14(23-12)11-21(5)16-10-13(7-9-15(16)19)20-17(22)24-18(2,3)4/h6-10H,11,19H2,1-5H3,(H,20,22). The maximum atomic E-state index is 11.9. The molecule has 0 aliphatic carbocycles. The molecule has 0 fully saturated rings. The minimum absolute atomic E-state index is 0.498. The molecule has 1 amide bonds. The lowest BCUT2D eigenvalue weighted by molar-refractivity contribution is 0.0636. The topological polar surface area (TPSA) is 80.7 Å². The molecule has 0 atom stereocenters. The molecule has 6 heteroatoms. The third-order valence-corrected chi connectivity index (χ3v) is 3.28. The summed E-state index contributed by atoms with van der Waals surface area (Å²) in [6.07, 6.45) is -0.498. The van der Waals surface area contributed by atoms with Crippen molar-refractivity contribution in [2.75, 3.05) is 23.0 Å².